The van der Waals surface area contributed by atoms with Gasteiger partial charge in [0.15, 0.2) is 0 Å². The number of rotatable bonds is 10. The molecule has 0 saturated carbocycles. The third kappa shape index (κ3) is 5.73. The fraction of sp³-hybridized carbons (Fsp3) is 0.842. The summed E-state index contributed by atoms with van der Waals surface area (Å²) in [6.07, 6.45) is 12.6. The van der Waals surface area contributed by atoms with Crippen molar-refractivity contribution in [3.8, 4) is 0 Å². The van der Waals surface area contributed by atoms with E-state index >= 15 is 0 Å². The summed E-state index contributed by atoms with van der Waals surface area (Å²) in [6.45, 7) is 9.06. The molecule has 0 amide bonds. The Morgan fingerprint density at radius 1 is 1.00 bits per heavy atom. The van der Waals surface area contributed by atoms with Crippen LogP contribution < -0.4 is 0 Å². The standard InChI is InChI=1S/C7H9O.3C4H9.Sn/c1-6-4-2-3-5-7(6)8;3*1-3-4-2;/h5-6H,2,4H2,1H3;3*1,3-4H2,2H3;/t6-;;;;/m1..../s1. The van der Waals surface area contributed by atoms with Crippen LogP contribution in [0, 0.1) is 5.92 Å². The number of ketones is 1. The number of hydrogen-bond donors (Lipinski definition) is 0. The van der Waals surface area contributed by atoms with E-state index in [9.17, 15) is 4.79 Å². The Hall–Kier alpha value is 0.209. The molecule has 21 heavy (non-hydrogen) atoms. The van der Waals surface area contributed by atoms with Gasteiger partial charge in [0.2, 0.25) is 0 Å². The molecule has 0 heterocycles. The maximum absolute atomic E-state index is 12.2. The normalized spacial score (nSPS) is 19.7. The van der Waals surface area contributed by atoms with Crippen molar-refractivity contribution in [2.24, 2.45) is 5.92 Å². The molecule has 0 radical (unpaired) electrons. The van der Waals surface area contributed by atoms with Crippen molar-refractivity contribution in [3.05, 3.63) is 9.67 Å². The van der Waals surface area contributed by atoms with Crippen LogP contribution in [0.25, 0.3) is 0 Å². The Morgan fingerprint density at radius 3 is 1.86 bits per heavy atom. The molecule has 0 saturated heterocycles. The quantitative estimate of drug-likeness (QED) is 0.394. The Balaban J connectivity index is 3.00. The van der Waals surface area contributed by atoms with Crippen LogP contribution in [-0.4, -0.2) is 24.2 Å². The summed E-state index contributed by atoms with van der Waals surface area (Å²) >= 11 is -2.27. The average Bonchev–Trinajstić information content (AvgIpc) is 2.50. The zero-order valence-electron chi connectivity index (χ0n) is 14.8. The van der Waals surface area contributed by atoms with Crippen molar-refractivity contribution in [1.29, 1.82) is 0 Å². The van der Waals surface area contributed by atoms with E-state index in [1.54, 1.807) is 3.59 Å². The monoisotopic (exact) mass is 400 g/mol. The fourth-order valence-corrected chi connectivity index (χ4v) is 20.6. The van der Waals surface area contributed by atoms with Crippen LogP contribution in [0.15, 0.2) is 9.67 Å². The Labute approximate surface area is 136 Å². The van der Waals surface area contributed by atoms with Crippen LogP contribution in [0.2, 0.25) is 13.3 Å². The molecule has 0 N–H and O–H groups in total. The second-order valence-electron chi connectivity index (χ2n) is 7.10. The van der Waals surface area contributed by atoms with Crippen molar-refractivity contribution in [2.45, 2.75) is 92.4 Å². The van der Waals surface area contributed by atoms with Crippen molar-refractivity contribution in [3.63, 3.8) is 0 Å². The summed E-state index contributed by atoms with van der Waals surface area (Å²) in [7, 11) is 0. The summed E-state index contributed by atoms with van der Waals surface area (Å²) < 4.78 is 6.21. The molecule has 0 aliphatic heterocycles. The molecule has 1 atom stereocenters. The van der Waals surface area contributed by atoms with Crippen LogP contribution in [0.1, 0.15) is 79.1 Å². The Morgan fingerprint density at radius 2 is 1.48 bits per heavy atom. The molecular weight excluding hydrogens is 363 g/mol. The summed E-state index contributed by atoms with van der Waals surface area (Å²) in [6, 6.07) is 0. The molecule has 0 aromatic carbocycles. The summed E-state index contributed by atoms with van der Waals surface area (Å²) in [4.78, 5) is 12.2. The zero-order valence-corrected chi connectivity index (χ0v) is 17.7. The number of carbonyl (C=O) groups is 1. The van der Waals surface area contributed by atoms with Crippen LogP contribution >= 0.6 is 0 Å². The van der Waals surface area contributed by atoms with E-state index in [4.69, 9.17) is 0 Å². The molecule has 0 aromatic rings. The predicted molar refractivity (Wildman–Crippen MR) is 96.4 cm³/mol. The first-order valence-corrected chi connectivity index (χ1v) is 16.8. The van der Waals surface area contributed by atoms with Crippen LogP contribution in [0.5, 0.6) is 0 Å². The van der Waals surface area contributed by atoms with Crippen molar-refractivity contribution >= 4 is 24.2 Å². The Bertz CT molecular complexity index is 324. The van der Waals surface area contributed by atoms with Crippen molar-refractivity contribution < 1.29 is 4.79 Å². The molecule has 0 aromatic heterocycles. The first-order valence-electron chi connectivity index (χ1n) is 9.34. The molecule has 1 aliphatic rings. The summed E-state index contributed by atoms with van der Waals surface area (Å²) in [5, 5.41) is 0. The van der Waals surface area contributed by atoms with Gasteiger partial charge in [0.05, 0.1) is 0 Å². The van der Waals surface area contributed by atoms with E-state index in [0.717, 1.165) is 6.42 Å². The van der Waals surface area contributed by atoms with Crippen molar-refractivity contribution in [1.82, 2.24) is 0 Å². The van der Waals surface area contributed by atoms with Gasteiger partial charge in [-0.25, -0.2) is 0 Å². The van der Waals surface area contributed by atoms with Gasteiger partial charge in [-0.3, -0.25) is 0 Å². The van der Waals surface area contributed by atoms with Gasteiger partial charge in [-0.1, -0.05) is 0 Å². The van der Waals surface area contributed by atoms with Gasteiger partial charge in [0, 0.05) is 0 Å². The van der Waals surface area contributed by atoms with E-state index in [1.165, 1.54) is 58.3 Å². The molecule has 1 nitrogen and oxygen atoms in total. The van der Waals surface area contributed by atoms with Crippen LogP contribution in [-0.2, 0) is 4.79 Å². The molecule has 0 unspecified atom stereocenters. The molecule has 1 aliphatic carbocycles. The second-order valence-corrected chi connectivity index (χ2v) is 20.5. The summed E-state index contributed by atoms with van der Waals surface area (Å²) in [5.41, 5.74) is 0. The van der Waals surface area contributed by atoms with E-state index < -0.39 is 18.4 Å². The minimum absolute atomic E-state index is 0.279. The first-order chi connectivity index (χ1) is 10.1. The number of allylic oxidation sites excluding steroid dienone is 2. The third-order valence-electron chi connectivity index (χ3n) is 5.36. The molecule has 2 heteroatoms. The van der Waals surface area contributed by atoms with Gasteiger partial charge >= 0.3 is 137 Å². The topological polar surface area (TPSA) is 17.1 Å². The first kappa shape index (κ1) is 19.3. The number of unbranched alkanes of at least 4 members (excludes halogenated alkanes) is 3. The van der Waals surface area contributed by atoms with Gasteiger partial charge in [-0.15, -0.1) is 0 Å². The third-order valence-corrected chi connectivity index (χ3v) is 21.6. The minimum atomic E-state index is -2.27. The molecule has 122 valence electrons. The maximum atomic E-state index is 12.2. The zero-order chi connectivity index (χ0) is 15.7. The SMILES string of the molecule is CCC[CH2][Sn]([CH2]CCC)([CH2]CCC)[C]1=CC(=O)[C@H](C)CC1. The molecule has 0 bridgehead atoms. The van der Waals surface area contributed by atoms with E-state index in [1.807, 2.05) is 0 Å². The van der Waals surface area contributed by atoms with Crippen LogP contribution in [0.3, 0.4) is 0 Å². The van der Waals surface area contributed by atoms with E-state index in [2.05, 4.69) is 33.8 Å². The average molecular weight is 399 g/mol. The molecule has 0 spiro atoms. The predicted octanol–water partition coefficient (Wildman–Crippen LogP) is 6.30. The van der Waals surface area contributed by atoms with Gasteiger partial charge in [0.25, 0.3) is 0 Å². The number of hydrogen-bond acceptors (Lipinski definition) is 1. The Kier molecular flexibility index (Phi) is 9.24. The van der Waals surface area contributed by atoms with Gasteiger partial charge < -0.3 is 0 Å². The van der Waals surface area contributed by atoms with Gasteiger partial charge in [0.1, 0.15) is 0 Å². The fourth-order valence-electron chi connectivity index (χ4n) is 3.72. The second kappa shape index (κ2) is 10.1. The van der Waals surface area contributed by atoms with E-state index in [-0.39, 0.29) is 5.92 Å². The molecule has 0 fully saturated rings. The number of carbonyl (C=O) groups excluding carboxylic acids is 1. The van der Waals surface area contributed by atoms with Gasteiger partial charge in [-0.2, -0.15) is 0 Å². The van der Waals surface area contributed by atoms with Crippen LogP contribution in [0.4, 0.5) is 0 Å². The van der Waals surface area contributed by atoms with Crippen molar-refractivity contribution in [2.75, 3.05) is 0 Å². The molecule has 1 rings (SSSR count). The van der Waals surface area contributed by atoms with E-state index in [0.29, 0.717) is 5.78 Å². The van der Waals surface area contributed by atoms with Gasteiger partial charge in [-0.05, 0) is 0 Å². The summed E-state index contributed by atoms with van der Waals surface area (Å²) in [5.74, 6) is 0.711. The molecular formula is C19H36OSn.